The molecule has 8 heteroatoms. The van der Waals surface area contributed by atoms with E-state index in [1.54, 1.807) is 18.3 Å². The molecule has 1 aromatic carbocycles. The Morgan fingerprint density at radius 3 is 2.64 bits per heavy atom. The molecule has 2 aromatic heterocycles. The number of aromatic nitrogens is 2. The minimum absolute atomic E-state index is 0.134. The van der Waals surface area contributed by atoms with Gasteiger partial charge in [0.05, 0.1) is 12.0 Å². The largest absolute Gasteiger partial charge is 0.383 e. The second kappa shape index (κ2) is 10.1. The molecule has 33 heavy (non-hydrogen) atoms. The quantitative estimate of drug-likeness (QED) is 0.530. The van der Waals surface area contributed by atoms with Crippen molar-refractivity contribution >= 4 is 39.3 Å². The van der Waals surface area contributed by atoms with Gasteiger partial charge in [0.1, 0.15) is 17.3 Å². The number of nitrogens with zero attached hydrogens (tertiary/aromatic N) is 4. The van der Waals surface area contributed by atoms with E-state index in [-0.39, 0.29) is 17.5 Å². The first-order chi connectivity index (χ1) is 15.9. The highest BCUT2D eigenvalue weighted by molar-refractivity contribution is 9.10. The van der Waals surface area contributed by atoms with E-state index in [9.17, 15) is 9.59 Å². The van der Waals surface area contributed by atoms with Crippen molar-refractivity contribution in [2.75, 3.05) is 36.8 Å². The molecule has 0 unspecified atom stereocenters. The van der Waals surface area contributed by atoms with Crippen molar-refractivity contribution in [3.63, 3.8) is 0 Å². The lowest BCUT2D eigenvalue weighted by molar-refractivity contribution is -0.130. The highest BCUT2D eigenvalue weighted by Gasteiger charge is 2.22. The summed E-state index contributed by atoms with van der Waals surface area (Å²) < 4.78 is 0.680. The maximum absolute atomic E-state index is 13.0. The second-order valence-electron chi connectivity index (χ2n) is 8.18. The Labute approximate surface area is 201 Å². The van der Waals surface area contributed by atoms with Crippen LogP contribution in [0, 0.1) is 6.92 Å². The highest BCUT2D eigenvalue weighted by Crippen LogP contribution is 2.21. The van der Waals surface area contributed by atoms with Gasteiger partial charge in [-0.1, -0.05) is 35.9 Å². The number of halogens is 1. The lowest BCUT2D eigenvalue weighted by Crippen LogP contribution is -2.36. The van der Waals surface area contributed by atoms with Gasteiger partial charge in [-0.2, -0.15) is 0 Å². The maximum atomic E-state index is 13.0. The SMILES string of the molecule is Cc1ccc(CC(=O)N2CCCN(c3cccc(C(=O)c4cc(Br)cnc4N)n3)CC2)cc1. The lowest BCUT2D eigenvalue weighted by Gasteiger charge is -2.23. The number of rotatable bonds is 5. The van der Waals surface area contributed by atoms with E-state index >= 15 is 0 Å². The summed E-state index contributed by atoms with van der Waals surface area (Å²) >= 11 is 3.33. The van der Waals surface area contributed by atoms with Crippen LogP contribution in [-0.4, -0.2) is 52.7 Å². The molecule has 0 aliphatic carbocycles. The molecule has 0 radical (unpaired) electrons. The van der Waals surface area contributed by atoms with Gasteiger partial charge in [0.2, 0.25) is 11.7 Å². The molecule has 3 heterocycles. The molecular weight excluding hydrogens is 482 g/mol. The first-order valence-corrected chi connectivity index (χ1v) is 11.7. The summed E-state index contributed by atoms with van der Waals surface area (Å²) in [5.74, 6) is 0.756. The van der Waals surface area contributed by atoms with Gasteiger partial charge in [0.15, 0.2) is 0 Å². The molecule has 3 aromatic rings. The van der Waals surface area contributed by atoms with Crippen molar-refractivity contribution in [3.05, 3.63) is 81.6 Å². The number of ketones is 1. The van der Waals surface area contributed by atoms with Crippen molar-refractivity contribution in [1.82, 2.24) is 14.9 Å². The fourth-order valence-corrected chi connectivity index (χ4v) is 4.22. The zero-order valence-corrected chi connectivity index (χ0v) is 20.1. The molecule has 1 saturated heterocycles. The maximum Gasteiger partial charge on any atom is 0.227 e. The number of hydrogen-bond acceptors (Lipinski definition) is 6. The third-order valence-corrected chi connectivity index (χ3v) is 6.18. The minimum atomic E-state index is -0.270. The van der Waals surface area contributed by atoms with Crippen LogP contribution in [0.2, 0.25) is 0 Å². The fourth-order valence-electron chi connectivity index (χ4n) is 3.88. The molecule has 0 saturated carbocycles. The summed E-state index contributed by atoms with van der Waals surface area (Å²) in [7, 11) is 0. The van der Waals surface area contributed by atoms with Crippen LogP contribution in [0.1, 0.15) is 33.6 Å². The zero-order valence-electron chi connectivity index (χ0n) is 18.5. The van der Waals surface area contributed by atoms with Crippen molar-refractivity contribution in [2.24, 2.45) is 0 Å². The Kier molecular flexibility index (Phi) is 7.03. The Balaban J connectivity index is 1.44. The number of pyridine rings is 2. The highest BCUT2D eigenvalue weighted by atomic mass is 79.9. The molecule has 0 atom stereocenters. The number of nitrogens with two attached hydrogens (primary N) is 1. The van der Waals surface area contributed by atoms with Crippen LogP contribution in [0.15, 0.2) is 59.2 Å². The summed E-state index contributed by atoms with van der Waals surface area (Å²) in [5, 5.41) is 0. The molecule has 0 spiro atoms. The molecule has 4 rings (SSSR count). The van der Waals surface area contributed by atoms with E-state index in [0.29, 0.717) is 41.8 Å². The Morgan fingerprint density at radius 2 is 1.85 bits per heavy atom. The molecule has 2 N–H and O–H groups in total. The normalized spacial score (nSPS) is 14.1. The van der Waals surface area contributed by atoms with E-state index in [1.807, 2.05) is 48.2 Å². The summed E-state index contributed by atoms with van der Waals surface area (Å²) in [5.41, 5.74) is 8.75. The topological polar surface area (TPSA) is 92.4 Å². The van der Waals surface area contributed by atoms with Crippen molar-refractivity contribution in [2.45, 2.75) is 19.8 Å². The Morgan fingerprint density at radius 1 is 1.06 bits per heavy atom. The van der Waals surface area contributed by atoms with Crippen LogP contribution in [0.4, 0.5) is 11.6 Å². The van der Waals surface area contributed by atoms with Gasteiger partial charge in [-0.25, -0.2) is 9.97 Å². The minimum Gasteiger partial charge on any atom is -0.383 e. The lowest BCUT2D eigenvalue weighted by atomic mass is 10.1. The monoisotopic (exact) mass is 507 g/mol. The van der Waals surface area contributed by atoms with Gasteiger partial charge in [-0.15, -0.1) is 0 Å². The zero-order chi connectivity index (χ0) is 23.4. The van der Waals surface area contributed by atoms with Gasteiger partial charge in [0, 0.05) is 36.8 Å². The molecule has 170 valence electrons. The number of carbonyl (C=O) groups is 2. The number of aryl methyl sites for hydroxylation is 1. The summed E-state index contributed by atoms with van der Waals surface area (Å²) in [6.07, 6.45) is 2.80. The van der Waals surface area contributed by atoms with E-state index in [1.165, 1.54) is 5.56 Å². The van der Waals surface area contributed by atoms with Crippen molar-refractivity contribution in [1.29, 1.82) is 0 Å². The average molecular weight is 508 g/mol. The summed E-state index contributed by atoms with van der Waals surface area (Å²) in [4.78, 5) is 38.5. The molecule has 7 nitrogen and oxygen atoms in total. The third kappa shape index (κ3) is 5.57. The van der Waals surface area contributed by atoms with E-state index in [2.05, 4.69) is 30.8 Å². The van der Waals surface area contributed by atoms with Crippen LogP contribution in [0.25, 0.3) is 0 Å². The number of hydrogen-bond donors (Lipinski definition) is 1. The molecule has 0 bridgehead atoms. The number of amides is 1. The number of nitrogen functional groups attached to an aromatic ring is 1. The van der Waals surface area contributed by atoms with Crippen molar-refractivity contribution in [3.8, 4) is 0 Å². The van der Waals surface area contributed by atoms with Crippen LogP contribution in [0.3, 0.4) is 0 Å². The van der Waals surface area contributed by atoms with E-state index in [0.717, 1.165) is 24.3 Å². The predicted octanol–water partition coefficient (Wildman–Crippen LogP) is 3.64. The predicted molar refractivity (Wildman–Crippen MR) is 132 cm³/mol. The average Bonchev–Trinajstić information content (AvgIpc) is 3.08. The van der Waals surface area contributed by atoms with Crippen LogP contribution >= 0.6 is 15.9 Å². The smallest absolute Gasteiger partial charge is 0.227 e. The standard InChI is InChI=1S/C25H26BrN5O2/c1-17-6-8-18(9-7-17)14-23(32)31-11-3-10-30(12-13-31)22-5-2-4-21(29-22)24(33)20-15-19(26)16-28-25(20)27/h2,4-9,15-16H,3,10-14H2,1H3,(H2,27,28). The van der Waals surface area contributed by atoms with E-state index in [4.69, 9.17) is 5.73 Å². The van der Waals surface area contributed by atoms with Gasteiger partial charge < -0.3 is 15.5 Å². The number of anilines is 2. The van der Waals surface area contributed by atoms with E-state index < -0.39 is 0 Å². The Hall–Kier alpha value is -3.26. The third-order valence-electron chi connectivity index (χ3n) is 5.75. The first kappa shape index (κ1) is 22.9. The summed E-state index contributed by atoms with van der Waals surface area (Å²) in [6.45, 7) is 4.79. The number of carbonyl (C=O) groups excluding carboxylic acids is 2. The van der Waals surface area contributed by atoms with Gasteiger partial charge in [-0.05, 0) is 53.0 Å². The number of benzene rings is 1. The van der Waals surface area contributed by atoms with Gasteiger partial charge in [0.25, 0.3) is 0 Å². The molecule has 1 amide bonds. The molecule has 1 fully saturated rings. The molecule has 1 aliphatic rings. The van der Waals surface area contributed by atoms with Crippen LogP contribution in [0.5, 0.6) is 0 Å². The fraction of sp³-hybridized carbons (Fsp3) is 0.280. The van der Waals surface area contributed by atoms with Gasteiger partial charge >= 0.3 is 0 Å². The van der Waals surface area contributed by atoms with Crippen LogP contribution in [-0.2, 0) is 11.2 Å². The molecular formula is C25H26BrN5O2. The van der Waals surface area contributed by atoms with Crippen molar-refractivity contribution < 1.29 is 9.59 Å². The summed E-state index contributed by atoms with van der Waals surface area (Å²) in [6, 6.07) is 15.1. The Bertz CT molecular complexity index is 1170. The van der Waals surface area contributed by atoms with Crippen LogP contribution < -0.4 is 10.6 Å². The second-order valence-corrected chi connectivity index (χ2v) is 9.10. The molecule has 1 aliphatic heterocycles. The van der Waals surface area contributed by atoms with Gasteiger partial charge in [-0.3, -0.25) is 9.59 Å². The first-order valence-electron chi connectivity index (χ1n) is 10.9.